The third kappa shape index (κ3) is 7.63. The molecule has 0 spiro atoms. The average molecular weight is 341 g/mol. The van der Waals surface area contributed by atoms with E-state index >= 15 is 0 Å². The van der Waals surface area contributed by atoms with Crippen molar-refractivity contribution in [1.29, 1.82) is 0 Å². The minimum atomic E-state index is -0.290. The number of anilines is 1. The number of aromatic nitrogens is 2. The zero-order valence-corrected chi connectivity index (χ0v) is 13.6. The number of ether oxygens (including phenoxy) is 1. The number of hydrogen-bond acceptors (Lipinski definition) is 8. The van der Waals surface area contributed by atoms with Gasteiger partial charge in [-0.15, -0.1) is 22.6 Å². The highest BCUT2D eigenvalue weighted by Crippen LogP contribution is 2.25. The van der Waals surface area contributed by atoms with E-state index in [1.54, 1.807) is 14.0 Å². The zero-order valence-electron chi connectivity index (χ0n) is 11.2. The zero-order chi connectivity index (χ0) is 14.1. The number of rotatable bonds is 8. The predicted molar refractivity (Wildman–Crippen MR) is 81.7 cm³/mol. The van der Waals surface area contributed by atoms with Gasteiger partial charge in [-0.25, -0.2) is 0 Å². The maximum atomic E-state index is 11.4. The minimum absolute atomic E-state index is 0. The van der Waals surface area contributed by atoms with Gasteiger partial charge in [-0.3, -0.25) is 9.59 Å². The van der Waals surface area contributed by atoms with Crippen LogP contribution in [-0.4, -0.2) is 48.0 Å². The summed E-state index contributed by atoms with van der Waals surface area (Å²) in [6.07, 6.45) is 0.376. The molecule has 114 valence electrons. The molecule has 0 unspecified atom stereocenters. The van der Waals surface area contributed by atoms with E-state index in [9.17, 15) is 9.59 Å². The first-order chi connectivity index (χ1) is 9.15. The number of carbonyl (C=O) groups is 2. The van der Waals surface area contributed by atoms with Crippen LogP contribution in [0.5, 0.6) is 0 Å². The van der Waals surface area contributed by atoms with Crippen LogP contribution in [0.15, 0.2) is 4.34 Å². The Balaban J connectivity index is 0.00000361. The van der Waals surface area contributed by atoms with Gasteiger partial charge in [0, 0.05) is 13.0 Å². The molecular weight excluding hydrogens is 324 g/mol. The second-order valence-electron chi connectivity index (χ2n) is 3.37. The van der Waals surface area contributed by atoms with E-state index in [0.717, 1.165) is 0 Å². The molecule has 1 rings (SSSR count). The molecule has 1 amide bonds. The van der Waals surface area contributed by atoms with Crippen molar-refractivity contribution in [3.63, 3.8) is 0 Å². The molecule has 2 N–H and O–H groups in total. The summed E-state index contributed by atoms with van der Waals surface area (Å²) >= 11 is 2.48. The van der Waals surface area contributed by atoms with Crippen LogP contribution in [0.25, 0.3) is 0 Å². The summed E-state index contributed by atoms with van der Waals surface area (Å²) < 4.78 is 5.42. The maximum Gasteiger partial charge on any atom is 0.316 e. The molecule has 0 saturated carbocycles. The number of carbonyl (C=O) groups excluding carboxylic acids is 2. The molecule has 7 nitrogen and oxygen atoms in total. The number of halogens is 1. The smallest absolute Gasteiger partial charge is 0.316 e. The number of nitrogens with one attached hydrogen (secondary N) is 2. The number of thioether (sulfide) groups is 1. The first-order valence-electron chi connectivity index (χ1n) is 5.72. The monoisotopic (exact) mass is 340 g/mol. The Bertz CT molecular complexity index is 430. The van der Waals surface area contributed by atoms with E-state index in [1.165, 1.54) is 23.1 Å². The fourth-order valence-electron chi connectivity index (χ4n) is 1.06. The Hall–Kier alpha value is -0.900. The Kier molecular flexibility index (Phi) is 10.3. The molecule has 0 aliphatic carbocycles. The molecule has 0 aliphatic heterocycles. The summed E-state index contributed by atoms with van der Waals surface area (Å²) in [4.78, 5) is 22.6. The fourth-order valence-corrected chi connectivity index (χ4v) is 2.63. The Morgan fingerprint density at radius 3 is 2.80 bits per heavy atom. The summed E-state index contributed by atoms with van der Waals surface area (Å²) in [5.74, 6) is -0.217. The van der Waals surface area contributed by atoms with Crippen LogP contribution in [0, 0.1) is 0 Å². The fraction of sp³-hybridized carbons (Fsp3) is 0.600. The second kappa shape index (κ2) is 10.8. The van der Waals surface area contributed by atoms with Crippen LogP contribution in [0.3, 0.4) is 0 Å². The molecular formula is C10H17ClN4O3S2. The van der Waals surface area contributed by atoms with Crippen molar-refractivity contribution in [1.82, 2.24) is 15.5 Å². The van der Waals surface area contributed by atoms with Gasteiger partial charge in [0.15, 0.2) is 4.34 Å². The van der Waals surface area contributed by atoms with Crippen LogP contribution < -0.4 is 10.6 Å². The average Bonchev–Trinajstić information content (AvgIpc) is 2.82. The molecule has 0 bridgehead atoms. The third-order valence-electron chi connectivity index (χ3n) is 1.87. The van der Waals surface area contributed by atoms with E-state index < -0.39 is 0 Å². The quantitative estimate of drug-likeness (QED) is 0.416. The van der Waals surface area contributed by atoms with Gasteiger partial charge in [0.1, 0.15) is 0 Å². The van der Waals surface area contributed by atoms with E-state index in [-0.39, 0.29) is 30.0 Å². The standard InChI is InChI=1S/C10H16N4O3S2.ClH/c1-3-17-8(16)6-18-10-14-13-9(19-10)12-7(15)4-5-11-2;/h11H,3-6H2,1-2H3,(H,12,13,15);1H. The van der Waals surface area contributed by atoms with Gasteiger partial charge in [-0.1, -0.05) is 23.1 Å². The molecule has 1 aromatic rings. The second-order valence-corrected chi connectivity index (χ2v) is 5.57. The lowest BCUT2D eigenvalue weighted by Gasteiger charge is -1.99. The van der Waals surface area contributed by atoms with Gasteiger partial charge in [-0.2, -0.15) is 0 Å². The summed E-state index contributed by atoms with van der Waals surface area (Å²) in [6, 6.07) is 0. The number of esters is 1. The van der Waals surface area contributed by atoms with E-state index in [4.69, 9.17) is 4.74 Å². The van der Waals surface area contributed by atoms with Crippen molar-refractivity contribution in [2.24, 2.45) is 0 Å². The first kappa shape index (κ1) is 19.1. The van der Waals surface area contributed by atoms with Gasteiger partial charge in [0.25, 0.3) is 0 Å². The number of amides is 1. The normalized spacial score (nSPS) is 9.70. The molecule has 1 aromatic heterocycles. The molecule has 0 radical (unpaired) electrons. The molecule has 0 atom stereocenters. The Labute approximate surface area is 131 Å². The molecule has 0 fully saturated rings. The summed E-state index contributed by atoms with van der Waals surface area (Å²) in [7, 11) is 1.78. The van der Waals surface area contributed by atoms with Gasteiger partial charge < -0.3 is 15.4 Å². The minimum Gasteiger partial charge on any atom is -0.465 e. The van der Waals surface area contributed by atoms with Crippen LogP contribution in [0.4, 0.5) is 5.13 Å². The van der Waals surface area contributed by atoms with Crippen molar-refractivity contribution in [3.05, 3.63) is 0 Å². The van der Waals surface area contributed by atoms with Crippen LogP contribution in [0.2, 0.25) is 0 Å². The van der Waals surface area contributed by atoms with E-state index in [0.29, 0.717) is 29.0 Å². The molecule has 1 heterocycles. The van der Waals surface area contributed by atoms with Gasteiger partial charge in [0.05, 0.1) is 12.4 Å². The molecule has 0 aliphatic rings. The predicted octanol–water partition coefficient (Wildman–Crippen LogP) is 1.16. The summed E-state index contributed by atoms with van der Waals surface area (Å²) in [6.45, 7) is 2.73. The van der Waals surface area contributed by atoms with Crippen molar-refractivity contribution >= 4 is 52.5 Å². The molecule has 10 heteroatoms. The third-order valence-corrected chi connectivity index (χ3v) is 3.82. The largest absolute Gasteiger partial charge is 0.465 e. The Morgan fingerprint density at radius 2 is 2.15 bits per heavy atom. The highest BCUT2D eigenvalue weighted by Gasteiger charge is 2.10. The van der Waals surface area contributed by atoms with Crippen molar-refractivity contribution < 1.29 is 14.3 Å². The molecule has 0 saturated heterocycles. The summed E-state index contributed by atoms with van der Waals surface area (Å²) in [5, 5.41) is 13.7. The van der Waals surface area contributed by atoms with E-state index in [1.807, 2.05) is 0 Å². The van der Waals surface area contributed by atoms with Crippen molar-refractivity contribution in [2.75, 3.05) is 31.3 Å². The number of nitrogens with zero attached hydrogens (tertiary/aromatic N) is 2. The number of hydrogen-bond donors (Lipinski definition) is 2. The molecule has 0 aromatic carbocycles. The first-order valence-corrected chi connectivity index (χ1v) is 7.52. The highest BCUT2D eigenvalue weighted by molar-refractivity contribution is 8.01. The lowest BCUT2D eigenvalue weighted by atomic mass is 10.4. The van der Waals surface area contributed by atoms with Crippen LogP contribution in [-0.2, 0) is 14.3 Å². The highest BCUT2D eigenvalue weighted by atomic mass is 35.5. The van der Waals surface area contributed by atoms with Crippen LogP contribution >= 0.6 is 35.5 Å². The summed E-state index contributed by atoms with van der Waals surface area (Å²) in [5.41, 5.74) is 0. The van der Waals surface area contributed by atoms with Gasteiger partial charge >= 0.3 is 5.97 Å². The SMILES string of the molecule is CCOC(=O)CSc1nnc(NC(=O)CCNC)s1.Cl. The van der Waals surface area contributed by atoms with Crippen molar-refractivity contribution in [3.8, 4) is 0 Å². The lowest BCUT2D eigenvalue weighted by Crippen LogP contribution is -2.18. The lowest BCUT2D eigenvalue weighted by molar-refractivity contribution is -0.139. The van der Waals surface area contributed by atoms with Gasteiger partial charge in [-0.05, 0) is 14.0 Å². The van der Waals surface area contributed by atoms with Crippen LogP contribution in [0.1, 0.15) is 13.3 Å². The van der Waals surface area contributed by atoms with E-state index in [2.05, 4.69) is 20.8 Å². The maximum absolute atomic E-state index is 11.4. The van der Waals surface area contributed by atoms with Crippen molar-refractivity contribution in [2.45, 2.75) is 17.7 Å². The Morgan fingerprint density at radius 1 is 1.40 bits per heavy atom. The van der Waals surface area contributed by atoms with Gasteiger partial charge in [0.2, 0.25) is 11.0 Å². The molecule has 20 heavy (non-hydrogen) atoms. The topological polar surface area (TPSA) is 93.2 Å².